The lowest BCUT2D eigenvalue weighted by atomic mass is 10.0. The molecule has 0 aliphatic heterocycles. The Bertz CT molecular complexity index is 687. The van der Waals surface area contributed by atoms with Gasteiger partial charge in [0.15, 0.2) is 5.88 Å². The summed E-state index contributed by atoms with van der Waals surface area (Å²) >= 11 is 0. The maximum absolute atomic E-state index is 13.6. The first-order valence-corrected chi connectivity index (χ1v) is 6.93. The van der Waals surface area contributed by atoms with Crippen LogP contribution in [0.1, 0.15) is 12.5 Å². The molecule has 0 saturated carbocycles. The van der Waals surface area contributed by atoms with Crippen LogP contribution in [0.3, 0.4) is 0 Å². The standard InChI is InChI=1S/C13H19F3N6O3/c1-20(2)11(17)4-7(13(18)25-3)8(5-10(14)15)21-6-9(22(23)24)12(16)19-21/h4,6,8,10H,5,17-18H2,1-3H3/b11-4+,13-7-. The van der Waals surface area contributed by atoms with Gasteiger partial charge in [-0.2, -0.15) is 4.39 Å². The molecule has 9 nitrogen and oxygen atoms in total. The zero-order valence-electron chi connectivity index (χ0n) is 13.8. The Morgan fingerprint density at radius 3 is 2.52 bits per heavy atom. The van der Waals surface area contributed by atoms with Crippen LogP contribution in [0.5, 0.6) is 0 Å². The van der Waals surface area contributed by atoms with Gasteiger partial charge in [-0.25, -0.2) is 8.78 Å². The van der Waals surface area contributed by atoms with Gasteiger partial charge >= 0.3 is 11.6 Å². The van der Waals surface area contributed by atoms with E-state index in [9.17, 15) is 23.3 Å². The number of methoxy groups -OCH3 is 1. The number of rotatable bonds is 8. The van der Waals surface area contributed by atoms with Crippen LogP contribution < -0.4 is 11.5 Å². The van der Waals surface area contributed by atoms with Crippen molar-refractivity contribution >= 4 is 5.69 Å². The molecular formula is C13H19F3N6O3. The highest BCUT2D eigenvalue weighted by Crippen LogP contribution is 2.30. The van der Waals surface area contributed by atoms with Gasteiger partial charge in [0.2, 0.25) is 6.43 Å². The first kappa shape index (κ1) is 20.1. The fourth-order valence-corrected chi connectivity index (χ4v) is 1.93. The van der Waals surface area contributed by atoms with Crippen LogP contribution in [0.15, 0.2) is 29.6 Å². The van der Waals surface area contributed by atoms with Crippen molar-refractivity contribution in [2.75, 3.05) is 21.2 Å². The average Bonchev–Trinajstić information content (AvgIpc) is 2.91. The highest BCUT2D eigenvalue weighted by molar-refractivity contribution is 5.31. The summed E-state index contributed by atoms with van der Waals surface area (Å²) in [7, 11) is 4.42. The molecule has 1 aromatic rings. The van der Waals surface area contributed by atoms with E-state index >= 15 is 0 Å². The number of halogens is 3. The lowest BCUT2D eigenvalue weighted by Crippen LogP contribution is -2.23. The van der Waals surface area contributed by atoms with Gasteiger partial charge in [-0.05, 0) is 6.08 Å². The minimum absolute atomic E-state index is 0.0219. The predicted molar refractivity (Wildman–Crippen MR) is 82.7 cm³/mol. The Hall–Kier alpha value is -2.92. The highest BCUT2D eigenvalue weighted by atomic mass is 19.3. The van der Waals surface area contributed by atoms with Crippen molar-refractivity contribution in [2.45, 2.75) is 18.9 Å². The molecule has 0 spiro atoms. The van der Waals surface area contributed by atoms with Crippen molar-refractivity contribution in [3.63, 3.8) is 0 Å². The van der Waals surface area contributed by atoms with Gasteiger partial charge in [-0.15, -0.1) is 5.10 Å². The maximum Gasteiger partial charge on any atom is 0.343 e. The number of nitrogens with two attached hydrogens (primary N) is 2. The largest absolute Gasteiger partial charge is 0.482 e. The second-order valence-corrected chi connectivity index (χ2v) is 5.17. The fourth-order valence-electron chi connectivity index (χ4n) is 1.93. The Labute approximate surface area is 141 Å². The maximum atomic E-state index is 13.6. The van der Waals surface area contributed by atoms with Gasteiger partial charge in [-0.1, -0.05) is 0 Å². The SMILES string of the molecule is CO/C(N)=C(/C=C(\N)N(C)C)C(CC(F)F)n1cc([N+](=O)[O-])c(F)n1. The van der Waals surface area contributed by atoms with E-state index in [2.05, 4.69) is 5.10 Å². The van der Waals surface area contributed by atoms with Gasteiger partial charge in [0.1, 0.15) is 6.20 Å². The molecular weight excluding hydrogens is 345 g/mol. The third-order valence-electron chi connectivity index (χ3n) is 3.27. The number of alkyl halides is 2. The van der Waals surface area contributed by atoms with Gasteiger partial charge in [0.05, 0.1) is 23.9 Å². The zero-order valence-corrected chi connectivity index (χ0v) is 13.8. The Kier molecular flexibility index (Phi) is 6.65. The van der Waals surface area contributed by atoms with Crippen LogP contribution in [-0.4, -0.2) is 47.2 Å². The molecule has 0 aromatic carbocycles. The number of aromatic nitrogens is 2. The van der Waals surface area contributed by atoms with Gasteiger partial charge in [-0.3, -0.25) is 14.8 Å². The van der Waals surface area contributed by atoms with Gasteiger partial charge in [0, 0.05) is 26.1 Å². The summed E-state index contributed by atoms with van der Waals surface area (Å²) in [5.74, 6) is -1.51. The van der Waals surface area contributed by atoms with Crippen LogP contribution in [0, 0.1) is 16.1 Å². The minimum Gasteiger partial charge on any atom is -0.482 e. The van der Waals surface area contributed by atoms with Crippen molar-refractivity contribution in [2.24, 2.45) is 11.5 Å². The molecule has 1 aromatic heterocycles. The van der Waals surface area contributed by atoms with E-state index in [-0.39, 0.29) is 17.3 Å². The Morgan fingerprint density at radius 1 is 1.52 bits per heavy atom. The van der Waals surface area contributed by atoms with Gasteiger partial charge in [0.25, 0.3) is 0 Å². The number of allylic oxidation sites excluding steroid dienone is 2. The molecule has 1 heterocycles. The third kappa shape index (κ3) is 5.02. The molecule has 0 radical (unpaired) electrons. The second kappa shape index (κ2) is 8.26. The molecule has 25 heavy (non-hydrogen) atoms. The molecule has 0 fully saturated rings. The van der Waals surface area contributed by atoms with Crippen LogP contribution in [0.4, 0.5) is 18.9 Å². The summed E-state index contributed by atoms with van der Waals surface area (Å²) in [5, 5.41) is 14.1. The summed E-state index contributed by atoms with van der Waals surface area (Å²) in [6.07, 6.45) is -1.69. The van der Waals surface area contributed by atoms with Crippen molar-refractivity contribution < 1.29 is 22.8 Å². The van der Waals surface area contributed by atoms with Crippen molar-refractivity contribution in [3.05, 3.63) is 45.6 Å². The summed E-state index contributed by atoms with van der Waals surface area (Å²) < 4.78 is 45.3. The van der Waals surface area contributed by atoms with Crippen LogP contribution in [0.2, 0.25) is 0 Å². The number of hydrogen-bond acceptors (Lipinski definition) is 7. The molecule has 1 rings (SSSR count). The summed E-state index contributed by atoms with van der Waals surface area (Å²) in [4.78, 5) is 11.2. The van der Waals surface area contributed by atoms with E-state index in [1.807, 2.05) is 0 Å². The van der Waals surface area contributed by atoms with Crippen LogP contribution in [-0.2, 0) is 4.74 Å². The molecule has 140 valence electrons. The zero-order chi connectivity index (χ0) is 19.3. The monoisotopic (exact) mass is 364 g/mol. The first-order chi connectivity index (χ1) is 11.6. The lowest BCUT2D eigenvalue weighted by Gasteiger charge is -2.21. The van der Waals surface area contributed by atoms with Gasteiger partial charge < -0.3 is 21.1 Å². The summed E-state index contributed by atoms with van der Waals surface area (Å²) in [6.45, 7) is 0. The molecule has 1 unspecified atom stereocenters. The summed E-state index contributed by atoms with van der Waals surface area (Å²) in [6, 6.07) is -1.33. The molecule has 0 aliphatic carbocycles. The average molecular weight is 364 g/mol. The fraction of sp³-hybridized carbons (Fsp3) is 0.462. The van der Waals surface area contributed by atoms with Crippen LogP contribution >= 0.6 is 0 Å². The van der Waals surface area contributed by atoms with E-state index in [1.165, 1.54) is 18.1 Å². The lowest BCUT2D eigenvalue weighted by molar-refractivity contribution is -0.387. The first-order valence-electron chi connectivity index (χ1n) is 6.93. The van der Waals surface area contributed by atoms with Crippen molar-refractivity contribution in [3.8, 4) is 0 Å². The van der Waals surface area contributed by atoms with Crippen molar-refractivity contribution in [1.29, 1.82) is 0 Å². The highest BCUT2D eigenvalue weighted by Gasteiger charge is 2.29. The molecule has 0 amide bonds. The number of hydrogen-bond donors (Lipinski definition) is 2. The van der Waals surface area contributed by atoms with Crippen LogP contribution in [0.25, 0.3) is 0 Å². The van der Waals surface area contributed by atoms with E-state index in [4.69, 9.17) is 16.2 Å². The second-order valence-electron chi connectivity index (χ2n) is 5.17. The normalized spacial score (nSPS) is 14.3. The molecule has 12 heteroatoms. The smallest absolute Gasteiger partial charge is 0.343 e. The molecule has 0 saturated heterocycles. The topological polar surface area (TPSA) is 125 Å². The number of ether oxygens (including phenoxy) is 1. The van der Waals surface area contributed by atoms with E-state index in [0.29, 0.717) is 10.9 Å². The number of nitrogens with zero attached hydrogens (tertiary/aromatic N) is 4. The van der Waals surface area contributed by atoms with E-state index in [0.717, 1.165) is 0 Å². The molecule has 4 N–H and O–H groups in total. The minimum atomic E-state index is -2.83. The van der Waals surface area contributed by atoms with Crippen molar-refractivity contribution in [1.82, 2.24) is 14.7 Å². The quantitative estimate of drug-likeness (QED) is 0.308. The Morgan fingerprint density at radius 2 is 2.12 bits per heavy atom. The molecule has 0 bridgehead atoms. The molecule has 1 atom stereocenters. The number of nitro groups is 1. The van der Waals surface area contributed by atoms with E-state index < -0.39 is 35.4 Å². The molecule has 0 aliphatic rings. The predicted octanol–water partition coefficient (Wildman–Crippen LogP) is 1.31. The van der Waals surface area contributed by atoms with E-state index in [1.54, 1.807) is 14.1 Å². The summed E-state index contributed by atoms with van der Waals surface area (Å²) in [5.41, 5.74) is 10.5. The third-order valence-corrected chi connectivity index (χ3v) is 3.27. The Balaban J connectivity index is 3.52.